The summed E-state index contributed by atoms with van der Waals surface area (Å²) in [4.78, 5) is 0. The summed E-state index contributed by atoms with van der Waals surface area (Å²) in [5, 5.41) is 8.10. The van der Waals surface area contributed by atoms with Crippen LogP contribution in [0.4, 0.5) is 0 Å². The van der Waals surface area contributed by atoms with Crippen LogP contribution in [0.5, 0.6) is 0 Å². The van der Waals surface area contributed by atoms with Crippen molar-refractivity contribution >= 4 is 0 Å². The lowest BCUT2D eigenvalue weighted by Gasteiger charge is -2.14. The molecule has 2 aromatic rings. The number of rotatable bonds is 8. The average molecular weight is 285 g/mol. The van der Waals surface area contributed by atoms with Crippen LogP contribution in [-0.2, 0) is 13.0 Å². The minimum Gasteiger partial charge on any atom is -0.314 e. The first kappa shape index (κ1) is 15.8. The molecule has 3 heteroatoms. The molecule has 1 N–H and O–H groups in total. The zero-order chi connectivity index (χ0) is 15.1. The van der Waals surface area contributed by atoms with Crippen LogP contribution in [0.3, 0.4) is 0 Å². The lowest BCUT2D eigenvalue weighted by Crippen LogP contribution is -2.28. The molecule has 1 atom stereocenters. The molecule has 1 aromatic heterocycles. The van der Waals surface area contributed by atoms with Gasteiger partial charge in [-0.15, -0.1) is 0 Å². The number of aromatic nitrogens is 2. The Hall–Kier alpha value is -1.61. The van der Waals surface area contributed by atoms with Crippen LogP contribution in [0.15, 0.2) is 36.4 Å². The van der Waals surface area contributed by atoms with E-state index < -0.39 is 0 Å². The van der Waals surface area contributed by atoms with Gasteiger partial charge in [0.2, 0.25) is 0 Å². The fourth-order valence-electron chi connectivity index (χ4n) is 2.61. The Morgan fingerprint density at radius 3 is 2.62 bits per heavy atom. The van der Waals surface area contributed by atoms with E-state index in [0.29, 0.717) is 6.04 Å². The van der Waals surface area contributed by atoms with Crippen LogP contribution in [0.2, 0.25) is 0 Å². The van der Waals surface area contributed by atoms with Gasteiger partial charge in [0.25, 0.3) is 0 Å². The highest BCUT2D eigenvalue weighted by Gasteiger charge is 2.03. The number of hydrogen-bond acceptors (Lipinski definition) is 2. The highest BCUT2D eigenvalue weighted by atomic mass is 15.3. The first-order valence-electron chi connectivity index (χ1n) is 7.93. The second-order valence-electron chi connectivity index (χ2n) is 5.88. The summed E-state index contributed by atoms with van der Waals surface area (Å²) in [6, 6.07) is 13.4. The van der Waals surface area contributed by atoms with E-state index in [1.165, 1.54) is 17.7 Å². The van der Waals surface area contributed by atoms with Gasteiger partial charge in [-0.3, -0.25) is 4.68 Å². The third-order valence-electron chi connectivity index (χ3n) is 3.85. The number of benzene rings is 1. The predicted octanol–water partition coefficient (Wildman–Crippen LogP) is 3.50. The Morgan fingerprint density at radius 2 is 1.95 bits per heavy atom. The second-order valence-corrected chi connectivity index (χ2v) is 5.88. The standard InChI is InChI=1S/C18H27N3/c1-15(10-11-18-8-5-4-6-9-18)19-12-7-13-21-17(3)14-16(2)20-21/h4-6,8-9,14-15,19H,7,10-13H2,1-3H3. The molecule has 0 fully saturated rings. The second kappa shape index (κ2) is 7.99. The average Bonchev–Trinajstić information content (AvgIpc) is 2.80. The normalized spacial score (nSPS) is 12.5. The van der Waals surface area contributed by atoms with Gasteiger partial charge in [-0.2, -0.15) is 5.10 Å². The predicted molar refractivity (Wildman–Crippen MR) is 88.5 cm³/mol. The molecule has 2 rings (SSSR count). The van der Waals surface area contributed by atoms with Crippen LogP contribution in [0.25, 0.3) is 0 Å². The molecule has 0 aliphatic carbocycles. The summed E-state index contributed by atoms with van der Waals surface area (Å²) >= 11 is 0. The van der Waals surface area contributed by atoms with Crippen molar-refractivity contribution in [3.05, 3.63) is 53.3 Å². The van der Waals surface area contributed by atoms with Crippen molar-refractivity contribution in [3.8, 4) is 0 Å². The van der Waals surface area contributed by atoms with Crippen molar-refractivity contribution in [1.82, 2.24) is 15.1 Å². The van der Waals surface area contributed by atoms with Crippen molar-refractivity contribution in [1.29, 1.82) is 0 Å². The maximum absolute atomic E-state index is 4.49. The number of hydrogen-bond donors (Lipinski definition) is 1. The van der Waals surface area contributed by atoms with Crippen molar-refractivity contribution < 1.29 is 0 Å². The van der Waals surface area contributed by atoms with Gasteiger partial charge >= 0.3 is 0 Å². The van der Waals surface area contributed by atoms with Crippen LogP contribution in [-0.4, -0.2) is 22.4 Å². The molecule has 1 heterocycles. The first-order valence-corrected chi connectivity index (χ1v) is 7.93. The van der Waals surface area contributed by atoms with E-state index in [2.05, 4.69) is 65.3 Å². The zero-order valence-electron chi connectivity index (χ0n) is 13.5. The Bertz CT molecular complexity index is 531. The van der Waals surface area contributed by atoms with Crippen LogP contribution in [0, 0.1) is 13.8 Å². The molecular formula is C18H27N3. The van der Waals surface area contributed by atoms with Crippen LogP contribution < -0.4 is 5.32 Å². The highest BCUT2D eigenvalue weighted by Crippen LogP contribution is 2.05. The Labute approximate surface area is 128 Å². The van der Waals surface area contributed by atoms with Gasteiger partial charge in [0.15, 0.2) is 0 Å². The van der Waals surface area contributed by atoms with Crippen molar-refractivity contribution in [2.45, 2.75) is 52.6 Å². The maximum atomic E-state index is 4.49. The van der Waals surface area contributed by atoms with E-state index in [-0.39, 0.29) is 0 Å². The zero-order valence-corrected chi connectivity index (χ0v) is 13.5. The van der Waals surface area contributed by atoms with Gasteiger partial charge in [0, 0.05) is 18.3 Å². The molecule has 114 valence electrons. The smallest absolute Gasteiger partial charge is 0.0596 e. The fourth-order valence-corrected chi connectivity index (χ4v) is 2.61. The van der Waals surface area contributed by atoms with E-state index in [1.807, 2.05) is 6.92 Å². The molecule has 0 aliphatic heterocycles. The van der Waals surface area contributed by atoms with Gasteiger partial charge in [-0.1, -0.05) is 30.3 Å². The molecule has 0 spiro atoms. The Kier molecular flexibility index (Phi) is 6.00. The minimum atomic E-state index is 0.561. The maximum Gasteiger partial charge on any atom is 0.0596 e. The van der Waals surface area contributed by atoms with Gasteiger partial charge in [0.1, 0.15) is 0 Å². The van der Waals surface area contributed by atoms with Crippen molar-refractivity contribution in [3.63, 3.8) is 0 Å². The van der Waals surface area contributed by atoms with Gasteiger partial charge in [0.05, 0.1) is 5.69 Å². The van der Waals surface area contributed by atoms with E-state index in [9.17, 15) is 0 Å². The quantitative estimate of drug-likeness (QED) is 0.752. The Balaban J connectivity index is 1.61. The molecule has 3 nitrogen and oxygen atoms in total. The molecule has 0 saturated carbocycles. The van der Waals surface area contributed by atoms with Gasteiger partial charge in [-0.05, 0) is 58.2 Å². The number of nitrogens with one attached hydrogen (secondary N) is 1. The summed E-state index contributed by atoms with van der Waals surface area (Å²) in [7, 11) is 0. The van der Waals surface area contributed by atoms with Gasteiger partial charge in [-0.25, -0.2) is 0 Å². The van der Waals surface area contributed by atoms with Crippen molar-refractivity contribution in [2.24, 2.45) is 0 Å². The monoisotopic (exact) mass is 285 g/mol. The van der Waals surface area contributed by atoms with E-state index in [1.54, 1.807) is 0 Å². The summed E-state index contributed by atoms with van der Waals surface area (Å²) in [6.07, 6.45) is 3.45. The van der Waals surface area contributed by atoms with Crippen LogP contribution >= 0.6 is 0 Å². The fraction of sp³-hybridized carbons (Fsp3) is 0.500. The largest absolute Gasteiger partial charge is 0.314 e. The topological polar surface area (TPSA) is 29.9 Å². The third kappa shape index (κ3) is 5.35. The number of aryl methyl sites for hydroxylation is 4. The molecule has 21 heavy (non-hydrogen) atoms. The summed E-state index contributed by atoms with van der Waals surface area (Å²) in [5.74, 6) is 0. The Morgan fingerprint density at radius 1 is 1.19 bits per heavy atom. The van der Waals surface area contributed by atoms with Gasteiger partial charge < -0.3 is 5.32 Å². The number of nitrogens with zero attached hydrogens (tertiary/aromatic N) is 2. The molecule has 0 amide bonds. The summed E-state index contributed by atoms with van der Waals surface area (Å²) in [5.41, 5.74) is 3.79. The molecule has 0 saturated heterocycles. The van der Waals surface area contributed by atoms with Crippen molar-refractivity contribution in [2.75, 3.05) is 6.54 Å². The van der Waals surface area contributed by atoms with E-state index in [4.69, 9.17) is 0 Å². The SMILES string of the molecule is Cc1cc(C)n(CCCNC(C)CCc2ccccc2)n1. The lowest BCUT2D eigenvalue weighted by molar-refractivity contribution is 0.474. The highest BCUT2D eigenvalue weighted by molar-refractivity contribution is 5.14. The molecule has 1 aromatic carbocycles. The van der Waals surface area contributed by atoms with Crippen LogP contribution in [0.1, 0.15) is 36.7 Å². The molecule has 0 aliphatic rings. The summed E-state index contributed by atoms with van der Waals surface area (Å²) < 4.78 is 2.10. The van der Waals surface area contributed by atoms with E-state index >= 15 is 0 Å². The van der Waals surface area contributed by atoms with E-state index in [0.717, 1.165) is 31.6 Å². The molecular weight excluding hydrogens is 258 g/mol. The lowest BCUT2D eigenvalue weighted by atomic mass is 10.1. The molecule has 0 radical (unpaired) electrons. The first-order chi connectivity index (χ1) is 10.1. The molecule has 1 unspecified atom stereocenters. The summed E-state index contributed by atoms with van der Waals surface area (Å²) in [6.45, 7) is 8.49. The minimum absolute atomic E-state index is 0.561. The molecule has 0 bridgehead atoms. The third-order valence-corrected chi connectivity index (χ3v) is 3.85.